The minimum Gasteiger partial charge on any atom is -0.547 e. The summed E-state index contributed by atoms with van der Waals surface area (Å²) in [4.78, 5) is 13.4. The molecular weight excluding hydrogens is 392 g/mol. The van der Waals surface area contributed by atoms with Crippen LogP contribution in [0.25, 0.3) is 0 Å². The molecule has 2 aromatic rings. The van der Waals surface area contributed by atoms with Crippen LogP contribution in [0.4, 0.5) is 0 Å². The van der Waals surface area contributed by atoms with Gasteiger partial charge in [-0.15, -0.1) is 0 Å². The van der Waals surface area contributed by atoms with Crippen LogP contribution >= 0.6 is 0 Å². The van der Waals surface area contributed by atoms with E-state index in [0.717, 1.165) is 33.8 Å². The number of rotatable bonds is 6. The van der Waals surface area contributed by atoms with E-state index in [4.69, 9.17) is 13.9 Å². The van der Waals surface area contributed by atoms with Crippen molar-refractivity contribution in [2.45, 2.75) is 51.6 Å². The molecule has 5 heteroatoms. The third-order valence-corrected chi connectivity index (χ3v) is 6.82. The van der Waals surface area contributed by atoms with Crippen LogP contribution < -0.4 is 4.74 Å². The quantitative estimate of drug-likeness (QED) is 0.560. The van der Waals surface area contributed by atoms with Crippen molar-refractivity contribution >= 4 is 14.1 Å². The topological polar surface area (TPSA) is 44.8 Å². The van der Waals surface area contributed by atoms with E-state index in [1.165, 1.54) is 0 Å². The molecule has 0 heterocycles. The van der Waals surface area contributed by atoms with E-state index in [2.05, 4.69) is 19.6 Å². The van der Waals surface area contributed by atoms with Gasteiger partial charge in [0.1, 0.15) is 12.4 Å². The second kappa shape index (κ2) is 8.04. The predicted octanol–water partition coefficient (Wildman–Crippen LogP) is 5.71. The zero-order valence-corrected chi connectivity index (χ0v) is 19.4. The summed E-state index contributed by atoms with van der Waals surface area (Å²) in [5.41, 5.74) is 3.93. The molecule has 0 radical (unpaired) electrons. The second-order valence-corrected chi connectivity index (χ2v) is 13.6. The fraction of sp³-hybridized carbons (Fsp3) is 0.400. The van der Waals surface area contributed by atoms with Crippen molar-refractivity contribution in [3.05, 3.63) is 76.6 Å². The van der Waals surface area contributed by atoms with Crippen LogP contribution in [0.5, 0.6) is 5.75 Å². The Morgan fingerprint density at radius 1 is 1.03 bits per heavy atom. The molecule has 0 amide bonds. The molecule has 0 unspecified atom stereocenters. The number of Topliss-reactive ketones (excluding diaryl/α,β-unsaturated/α-hetero) is 1. The van der Waals surface area contributed by atoms with Crippen LogP contribution in [0.15, 0.2) is 59.9 Å². The van der Waals surface area contributed by atoms with E-state index >= 15 is 0 Å². The Labute approximate surface area is 180 Å². The normalized spacial score (nSPS) is 23.2. The fourth-order valence-corrected chi connectivity index (χ4v) is 5.71. The van der Waals surface area contributed by atoms with Gasteiger partial charge in [-0.3, -0.25) is 4.79 Å². The van der Waals surface area contributed by atoms with Gasteiger partial charge >= 0.3 is 0 Å². The summed E-state index contributed by atoms with van der Waals surface area (Å²) in [6, 6.07) is 15.9. The first-order valence-electron chi connectivity index (χ1n) is 10.6. The molecule has 2 aliphatic carbocycles. The molecular formula is C25H30O4Si. The molecule has 158 valence electrons. The number of ether oxygens (including phenoxy) is 2. The lowest BCUT2D eigenvalue weighted by Crippen LogP contribution is -2.38. The SMILES string of the molecule is CO[C@@H]1C(C)=C(O[Si](C)(C)C)C[C@@H]2c3c(OCc4ccccc4)cccc3C(=O)[C@H]12. The minimum absolute atomic E-state index is 0.0134. The smallest absolute Gasteiger partial charge is 0.241 e. The molecule has 2 aliphatic rings. The number of carbonyl (C=O) groups is 1. The highest BCUT2D eigenvalue weighted by atomic mass is 28.4. The van der Waals surface area contributed by atoms with Gasteiger partial charge in [0, 0.05) is 30.6 Å². The summed E-state index contributed by atoms with van der Waals surface area (Å²) < 4.78 is 18.5. The third kappa shape index (κ3) is 3.84. The highest BCUT2D eigenvalue weighted by molar-refractivity contribution is 6.70. The van der Waals surface area contributed by atoms with Crippen LogP contribution in [-0.4, -0.2) is 27.3 Å². The number of hydrogen-bond acceptors (Lipinski definition) is 4. The maximum atomic E-state index is 13.4. The van der Waals surface area contributed by atoms with Gasteiger partial charge in [-0.25, -0.2) is 0 Å². The Balaban J connectivity index is 1.70. The summed E-state index contributed by atoms with van der Waals surface area (Å²) >= 11 is 0. The van der Waals surface area contributed by atoms with E-state index in [-0.39, 0.29) is 23.7 Å². The molecule has 0 bridgehead atoms. The van der Waals surface area contributed by atoms with Crippen molar-refractivity contribution in [3.63, 3.8) is 0 Å². The molecule has 0 saturated heterocycles. The first-order valence-corrected chi connectivity index (χ1v) is 14.0. The lowest BCUT2D eigenvalue weighted by molar-refractivity contribution is 0.0477. The van der Waals surface area contributed by atoms with Gasteiger partial charge in [0.15, 0.2) is 5.78 Å². The molecule has 0 aromatic heterocycles. The van der Waals surface area contributed by atoms with E-state index in [0.29, 0.717) is 13.0 Å². The van der Waals surface area contributed by atoms with Crippen LogP contribution in [0.3, 0.4) is 0 Å². The first kappa shape index (κ1) is 20.9. The van der Waals surface area contributed by atoms with Crippen LogP contribution in [0.2, 0.25) is 19.6 Å². The van der Waals surface area contributed by atoms with Gasteiger partial charge in [-0.2, -0.15) is 0 Å². The average molecular weight is 423 g/mol. The Bertz CT molecular complexity index is 974. The van der Waals surface area contributed by atoms with Crippen LogP contribution in [0, 0.1) is 5.92 Å². The highest BCUT2D eigenvalue weighted by Crippen LogP contribution is 2.52. The fourth-order valence-electron chi connectivity index (χ4n) is 4.73. The Hall–Kier alpha value is -2.37. The molecule has 2 aromatic carbocycles. The standard InChI is InChI=1S/C25H30O4Si/c1-16-21(29-30(3,4)5)14-19-22-18(24(26)23(19)25(16)27-2)12-9-13-20(22)28-15-17-10-7-6-8-11-17/h6-13,19,23,25H,14-15H2,1-5H3/t19-,23-,25-/m1/s1. The molecule has 0 saturated carbocycles. The van der Waals surface area contributed by atoms with Gasteiger partial charge in [0.25, 0.3) is 0 Å². The van der Waals surface area contributed by atoms with Gasteiger partial charge < -0.3 is 13.9 Å². The van der Waals surface area contributed by atoms with E-state index in [1.807, 2.05) is 55.5 Å². The number of carbonyl (C=O) groups excluding carboxylic acids is 1. The van der Waals surface area contributed by atoms with Gasteiger partial charge in [-0.1, -0.05) is 42.5 Å². The molecule has 0 N–H and O–H groups in total. The molecule has 30 heavy (non-hydrogen) atoms. The third-order valence-electron chi connectivity index (χ3n) is 5.96. The van der Waals surface area contributed by atoms with Crippen molar-refractivity contribution < 1.29 is 18.7 Å². The van der Waals surface area contributed by atoms with E-state index < -0.39 is 8.32 Å². The van der Waals surface area contributed by atoms with Crippen molar-refractivity contribution in [1.82, 2.24) is 0 Å². The van der Waals surface area contributed by atoms with Gasteiger partial charge in [0.2, 0.25) is 8.32 Å². The van der Waals surface area contributed by atoms with Crippen LogP contribution in [-0.2, 0) is 15.8 Å². The monoisotopic (exact) mass is 422 g/mol. The lowest BCUT2D eigenvalue weighted by Gasteiger charge is -2.37. The molecule has 0 spiro atoms. The second-order valence-electron chi connectivity index (χ2n) is 9.17. The van der Waals surface area contributed by atoms with Crippen molar-refractivity contribution in [3.8, 4) is 5.75 Å². The number of allylic oxidation sites excluding steroid dienone is 1. The number of methoxy groups -OCH3 is 1. The average Bonchev–Trinajstić information content (AvgIpc) is 2.99. The number of hydrogen-bond donors (Lipinski definition) is 0. The molecule has 3 atom stereocenters. The maximum absolute atomic E-state index is 13.4. The Morgan fingerprint density at radius 2 is 1.77 bits per heavy atom. The summed E-state index contributed by atoms with van der Waals surface area (Å²) in [5.74, 6) is 1.72. The van der Waals surface area contributed by atoms with Crippen molar-refractivity contribution in [1.29, 1.82) is 0 Å². The maximum Gasteiger partial charge on any atom is 0.241 e. The zero-order valence-electron chi connectivity index (χ0n) is 18.4. The molecule has 4 rings (SSSR count). The predicted molar refractivity (Wildman–Crippen MR) is 120 cm³/mol. The summed E-state index contributed by atoms with van der Waals surface area (Å²) in [7, 11) is -0.0975. The number of fused-ring (bicyclic) bond motifs is 3. The molecule has 0 fully saturated rings. The largest absolute Gasteiger partial charge is 0.547 e. The summed E-state index contributed by atoms with van der Waals surface area (Å²) in [6.45, 7) is 9.07. The lowest BCUT2D eigenvalue weighted by atomic mass is 9.77. The Morgan fingerprint density at radius 3 is 2.43 bits per heavy atom. The van der Waals surface area contributed by atoms with E-state index in [9.17, 15) is 4.79 Å². The van der Waals surface area contributed by atoms with E-state index in [1.54, 1.807) is 7.11 Å². The van der Waals surface area contributed by atoms with Gasteiger partial charge in [0.05, 0.1) is 17.8 Å². The summed E-state index contributed by atoms with van der Waals surface area (Å²) in [6.07, 6.45) is 0.447. The van der Waals surface area contributed by atoms with Crippen molar-refractivity contribution in [2.75, 3.05) is 7.11 Å². The summed E-state index contributed by atoms with van der Waals surface area (Å²) in [5, 5.41) is 0. The molecule has 4 nitrogen and oxygen atoms in total. The number of benzene rings is 2. The van der Waals surface area contributed by atoms with Crippen LogP contribution in [0.1, 0.15) is 40.7 Å². The Kier molecular flexibility index (Phi) is 5.60. The first-order chi connectivity index (χ1) is 14.3. The minimum atomic E-state index is -1.78. The highest BCUT2D eigenvalue weighted by Gasteiger charge is 2.50. The number of ketones is 1. The zero-order chi connectivity index (χ0) is 21.5. The molecule has 0 aliphatic heterocycles. The van der Waals surface area contributed by atoms with Crippen molar-refractivity contribution in [2.24, 2.45) is 5.92 Å². The van der Waals surface area contributed by atoms with Gasteiger partial charge in [-0.05, 0) is 43.8 Å².